The summed E-state index contributed by atoms with van der Waals surface area (Å²) in [5, 5.41) is 3.15. The number of nitrogens with zero attached hydrogens (tertiary/aromatic N) is 2. The SMILES string of the molecule is CC(=O)c1c(F)cccc1NCCc1nccn1Cc1ccccc1. The van der Waals surface area contributed by atoms with Crippen LogP contribution in [0.3, 0.4) is 0 Å². The molecule has 0 spiro atoms. The maximum Gasteiger partial charge on any atom is 0.164 e. The van der Waals surface area contributed by atoms with Gasteiger partial charge >= 0.3 is 0 Å². The molecule has 3 rings (SSSR count). The third kappa shape index (κ3) is 4.12. The second-order valence-electron chi connectivity index (χ2n) is 5.85. The predicted molar refractivity (Wildman–Crippen MR) is 96.4 cm³/mol. The Kier molecular flexibility index (Phi) is 5.23. The topological polar surface area (TPSA) is 46.9 Å². The van der Waals surface area contributed by atoms with Gasteiger partial charge in [0.1, 0.15) is 11.6 Å². The minimum atomic E-state index is -0.497. The maximum absolute atomic E-state index is 13.8. The van der Waals surface area contributed by atoms with Crippen LogP contribution in [0, 0.1) is 5.82 Å². The number of Topliss-reactive ketones (excluding diaryl/α,β-unsaturated/α-hetero) is 1. The van der Waals surface area contributed by atoms with E-state index in [4.69, 9.17) is 0 Å². The Balaban J connectivity index is 1.65. The van der Waals surface area contributed by atoms with Gasteiger partial charge in [0, 0.05) is 37.6 Å². The monoisotopic (exact) mass is 337 g/mol. The van der Waals surface area contributed by atoms with Crippen molar-refractivity contribution in [1.29, 1.82) is 0 Å². The number of carbonyl (C=O) groups excluding carboxylic acids is 1. The van der Waals surface area contributed by atoms with Crippen LogP contribution < -0.4 is 5.32 Å². The number of halogens is 1. The molecule has 0 aliphatic heterocycles. The quantitative estimate of drug-likeness (QED) is 0.665. The minimum Gasteiger partial charge on any atom is -0.384 e. The van der Waals surface area contributed by atoms with Crippen LogP contribution in [0.1, 0.15) is 28.7 Å². The van der Waals surface area contributed by atoms with Crippen LogP contribution in [-0.4, -0.2) is 21.9 Å². The summed E-state index contributed by atoms with van der Waals surface area (Å²) in [4.78, 5) is 16.0. The standard InChI is InChI=1S/C20H20FN3O/c1-15(25)20-17(21)8-5-9-18(20)22-11-10-19-23-12-13-24(19)14-16-6-3-2-4-7-16/h2-9,12-13,22H,10-11,14H2,1H3. The summed E-state index contributed by atoms with van der Waals surface area (Å²) < 4.78 is 15.9. The van der Waals surface area contributed by atoms with Crippen molar-refractivity contribution < 1.29 is 9.18 Å². The highest BCUT2D eigenvalue weighted by molar-refractivity contribution is 5.99. The Hall–Kier alpha value is -2.95. The molecule has 4 nitrogen and oxygen atoms in total. The maximum atomic E-state index is 13.8. The summed E-state index contributed by atoms with van der Waals surface area (Å²) >= 11 is 0. The second kappa shape index (κ2) is 7.75. The molecule has 0 bridgehead atoms. The molecular formula is C20H20FN3O. The Morgan fingerprint density at radius 2 is 1.96 bits per heavy atom. The molecule has 0 saturated heterocycles. The van der Waals surface area contributed by atoms with Crippen molar-refractivity contribution in [2.45, 2.75) is 19.9 Å². The van der Waals surface area contributed by atoms with Gasteiger partial charge < -0.3 is 9.88 Å². The zero-order valence-corrected chi connectivity index (χ0v) is 14.1. The van der Waals surface area contributed by atoms with E-state index in [0.717, 1.165) is 12.4 Å². The van der Waals surface area contributed by atoms with Crippen LogP contribution in [0.15, 0.2) is 60.9 Å². The molecule has 3 aromatic rings. The van der Waals surface area contributed by atoms with E-state index < -0.39 is 5.82 Å². The molecule has 0 atom stereocenters. The van der Waals surface area contributed by atoms with Crippen molar-refractivity contribution in [2.75, 3.05) is 11.9 Å². The van der Waals surface area contributed by atoms with Crippen LogP contribution in [-0.2, 0) is 13.0 Å². The third-order valence-corrected chi connectivity index (χ3v) is 4.03. The van der Waals surface area contributed by atoms with Gasteiger partial charge in [-0.05, 0) is 24.6 Å². The lowest BCUT2D eigenvalue weighted by Crippen LogP contribution is -2.13. The van der Waals surface area contributed by atoms with Crippen molar-refractivity contribution in [1.82, 2.24) is 9.55 Å². The first kappa shape index (κ1) is 16.9. The fourth-order valence-corrected chi connectivity index (χ4v) is 2.83. The van der Waals surface area contributed by atoms with E-state index in [-0.39, 0.29) is 11.3 Å². The predicted octanol–water partition coefficient (Wildman–Crippen LogP) is 3.93. The van der Waals surface area contributed by atoms with Gasteiger partial charge in [0.15, 0.2) is 5.78 Å². The lowest BCUT2D eigenvalue weighted by molar-refractivity contribution is 0.101. The first-order chi connectivity index (χ1) is 12.1. The first-order valence-electron chi connectivity index (χ1n) is 8.22. The Bertz CT molecular complexity index is 858. The lowest BCUT2D eigenvalue weighted by atomic mass is 10.1. The summed E-state index contributed by atoms with van der Waals surface area (Å²) in [7, 11) is 0. The molecule has 0 amide bonds. The summed E-state index contributed by atoms with van der Waals surface area (Å²) in [6, 6.07) is 14.8. The van der Waals surface area contributed by atoms with Gasteiger partial charge in [-0.3, -0.25) is 4.79 Å². The third-order valence-electron chi connectivity index (χ3n) is 4.03. The molecule has 128 valence electrons. The van der Waals surface area contributed by atoms with E-state index in [1.165, 1.54) is 18.6 Å². The number of imidazole rings is 1. The zero-order valence-electron chi connectivity index (χ0n) is 14.1. The highest BCUT2D eigenvalue weighted by Crippen LogP contribution is 2.19. The number of benzene rings is 2. The van der Waals surface area contributed by atoms with E-state index in [0.29, 0.717) is 18.7 Å². The normalized spacial score (nSPS) is 10.6. The van der Waals surface area contributed by atoms with Crippen LogP contribution in [0.4, 0.5) is 10.1 Å². The zero-order chi connectivity index (χ0) is 17.6. The average Bonchev–Trinajstić information content (AvgIpc) is 3.02. The second-order valence-corrected chi connectivity index (χ2v) is 5.85. The van der Waals surface area contributed by atoms with Gasteiger partial charge in [0.05, 0.1) is 5.56 Å². The fourth-order valence-electron chi connectivity index (χ4n) is 2.83. The Morgan fingerprint density at radius 3 is 2.72 bits per heavy atom. The minimum absolute atomic E-state index is 0.107. The Labute approximate surface area is 146 Å². The van der Waals surface area contributed by atoms with Crippen molar-refractivity contribution in [3.63, 3.8) is 0 Å². The molecule has 0 saturated carbocycles. The summed E-state index contributed by atoms with van der Waals surface area (Å²) in [5.74, 6) is 0.159. The average molecular weight is 337 g/mol. The van der Waals surface area contributed by atoms with E-state index >= 15 is 0 Å². The molecule has 25 heavy (non-hydrogen) atoms. The van der Waals surface area contributed by atoms with E-state index in [1.807, 2.05) is 24.4 Å². The number of nitrogens with one attached hydrogen (secondary N) is 1. The Morgan fingerprint density at radius 1 is 1.16 bits per heavy atom. The van der Waals surface area contributed by atoms with Gasteiger partial charge in [-0.15, -0.1) is 0 Å². The molecule has 1 aromatic heterocycles. The summed E-state index contributed by atoms with van der Waals surface area (Å²) in [6.07, 6.45) is 4.40. The smallest absolute Gasteiger partial charge is 0.164 e. The number of rotatable bonds is 7. The molecule has 0 fully saturated rings. The molecule has 0 aliphatic carbocycles. The molecular weight excluding hydrogens is 317 g/mol. The van der Waals surface area contributed by atoms with Gasteiger partial charge in [0.25, 0.3) is 0 Å². The van der Waals surface area contributed by atoms with Crippen molar-refractivity contribution in [2.24, 2.45) is 0 Å². The van der Waals surface area contributed by atoms with Crippen molar-refractivity contribution >= 4 is 11.5 Å². The highest BCUT2D eigenvalue weighted by Gasteiger charge is 2.12. The lowest BCUT2D eigenvalue weighted by Gasteiger charge is -2.12. The summed E-state index contributed by atoms with van der Waals surface area (Å²) in [5.41, 5.74) is 1.84. The number of carbonyl (C=O) groups is 1. The van der Waals surface area contributed by atoms with Crippen LogP contribution >= 0.6 is 0 Å². The van der Waals surface area contributed by atoms with Gasteiger partial charge in [-0.2, -0.15) is 0 Å². The molecule has 2 aromatic carbocycles. The molecule has 1 N–H and O–H groups in total. The number of hydrogen-bond acceptors (Lipinski definition) is 3. The van der Waals surface area contributed by atoms with E-state index in [9.17, 15) is 9.18 Å². The van der Waals surface area contributed by atoms with E-state index in [2.05, 4.69) is 27.0 Å². The largest absolute Gasteiger partial charge is 0.384 e. The molecule has 5 heteroatoms. The summed E-state index contributed by atoms with van der Waals surface area (Å²) in [6.45, 7) is 2.69. The fraction of sp³-hybridized carbons (Fsp3) is 0.200. The highest BCUT2D eigenvalue weighted by atomic mass is 19.1. The molecule has 0 unspecified atom stereocenters. The first-order valence-corrected chi connectivity index (χ1v) is 8.22. The van der Waals surface area contributed by atoms with E-state index in [1.54, 1.807) is 18.3 Å². The molecule has 0 radical (unpaired) electrons. The van der Waals surface area contributed by atoms with Crippen LogP contribution in [0.25, 0.3) is 0 Å². The molecule has 1 heterocycles. The van der Waals surface area contributed by atoms with Gasteiger partial charge in [0.2, 0.25) is 0 Å². The van der Waals surface area contributed by atoms with Crippen molar-refractivity contribution in [3.8, 4) is 0 Å². The number of aromatic nitrogens is 2. The number of hydrogen-bond donors (Lipinski definition) is 1. The van der Waals surface area contributed by atoms with Crippen LogP contribution in [0.5, 0.6) is 0 Å². The van der Waals surface area contributed by atoms with Crippen molar-refractivity contribution in [3.05, 3.63) is 83.7 Å². The van der Waals surface area contributed by atoms with Crippen LogP contribution in [0.2, 0.25) is 0 Å². The number of anilines is 1. The number of ketones is 1. The molecule has 0 aliphatic rings. The van der Waals surface area contributed by atoms with Gasteiger partial charge in [-0.25, -0.2) is 9.37 Å². The van der Waals surface area contributed by atoms with Gasteiger partial charge in [-0.1, -0.05) is 36.4 Å².